The summed E-state index contributed by atoms with van der Waals surface area (Å²) in [6.45, 7) is 7.75. The predicted molar refractivity (Wildman–Crippen MR) is 108 cm³/mol. The fourth-order valence-corrected chi connectivity index (χ4v) is 3.72. The number of esters is 1. The molecule has 2 aromatic rings. The molecule has 1 aliphatic heterocycles. The van der Waals surface area contributed by atoms with Gasteiger partial charge in [-0.2, -0.15) is 0 Å². The fraction of sp³-hybridized carbons (Fsp3) is 0.474. The molecule has 0 radical (unpaired) electrons. The lowest BCUT2D eigenvalue weighted by molar-refractivity contribution is -0.142. The van der Waals surface area contributed by atoms with E-state index in [1.807, 2.05) is 12.3 Å². The highest BCUT2D eigenvalue weighted by atomic mass is 35.5. The van der Waals surface area contributed by atoms with Gasteiger partial charge in [-0.05, 0) is 19.5 Å². The highest BCUT2D eigenvalue weighted by Gasteiger charge is 2.14. The molecule has 0 spiro atoms. The molecule has 1 aromatic heterocycles. The molecular weight excluding hydrogens is 370 g/mol. The van der Waals surface area contributed by atoms with Gasteiger partial charge in [-0.15, -0.1) is 23.7 Å². The molecule has 0 unspecified atom stereocenters. The van der Waals surface area contributed by atoms with Crippen LogP contribution in [0.5, 0.6) is 0 Å². The van der Waals surface area contributed by atoms with Crippen LogP contribution in [-0.4, -0.2) is 60.6 Å². The van der Waals surface area contributed by atoms with Crippen molar-refractivity contribution >= 4 is 29.7 Å². The second kappa shape index (κ2) is 10.0. The number of carbonyl (C=O) groups excluding carboxylic acids is 1. The molecule has 0 N–H and O–H groups in total. The maximum atomic E-state index is 11.5. The monoisotopic (exact) mass is 395 g/mol. The van der Waals surface area contributed by atoms with Crippen LogP contribution < -0.4 is 0 Å². The summed E-state index contributed by atoms with van der Waals surface area (Å²) >= 11 is 1.57. The first-order valence-corrected chi connectivity index (χ1v) is 9.62. The number of hydrogen-bond donors (Lipinski definition) is 0. The molecule has 1 fully saturated rings. The van der Waals surface area contributed by atoms with E-state index in [4.69, 9.17) is 4.74 Å². The van der Waals surface area contributed by atoms with E-state index in [1.54, 1.807) is 11.3 Å². The smallest absolute Gasteiger partial charge is 0.311 e. The van der Waals surface area contributed by atoms with Gasteiger partial charge in [0.2, 0.25) is 0 Å². The Bertz CT molecular complexity index is 697. The van der Waals surface area contributed by atoms with E-state index >= 15 is 0 Å². The fourth-order valence-electron chi connectivity index (χ4n) is 2.90. The van der Waals surface area contributed by atoms with Crippen molar-refractivity contribution < 1.29 is 9.53 Å². The summed E-state index contributed by atoms with van der Waals surface area (Å²) in [7, 11) is 2.18. The Labute approximate surface area is 165 Å². The van der Waals surface area contributed by atoms with E-state index in [0.29, 0.717) is 6.61 Å². The van der Waals surface area contributed by atoms with Crippen molar-refractivity contribution in [2.24, 2.45) is 0 Å². The second-order valence-electron chi connectivity index (χ2n) is 6.40. The van der Waals surface area contributed by atoms with Crippen molar-refractivity contribution in [3.8, 4) is 10.6 Å². The summed E-state index contributed by atoms with van der Waals surface area (Å²) in [5.41, 5.74) is 3.21. The topological polar surface area (TPSA) is 45.7 Å². The normalized spacial score (nSPS) is 15.5. The Balaban J connectivity index is 0.00000243. The highest BCUT2D eigenvalue weighted by Crippen LogP contribution is 2.24. The first-order valence-electron chi connectivity index (χ1n) is 8.74. The van der Waals surface area contributed by atoms with Crippen LogP contribution in [0.2, 0.25) is 0 Å². The maximum Gasteiger partial charge on any atom is 0.311 e. The Kier molecular flexibility index (Phi) is 8.03. The van der Waals surface area contributed by atoms with Crippen molar-refractivity contribution in [1.82, 2.24) is 14.8 Å². The summed E-state index contributed by atoms with van der Waals surface area (Å²) in [6, 6.07) is 8.61. The number of carbonyl (C=O) groups is 1. The molecule has 2 heterocycles. The van der Waals surface area contributed by atoms with Crippen LogP contribution in [0.25, 0.3) is 10.6 Å². The number of piperazine rings is 1. The number of benzene rings is 1. The Morgan fingerprint density at radius 2 is 1.88 bits per heavy atom. The van der Waals surface area contributed by atoms with Crippen molar-refractivity contribution in [3.63, 3.8) is 0 Å². The van der Waals surface area contributed by atoms with E-state index in [9.17, 15) is 4.79 Å². The molecule has 1 saturated heterocycles. The van der Waals surface area contributed by atoms with Crippen molar-refractivity contribution in [2.45, 2.75) is 19.9 Å². The van der Waals surface area contributed by atoms with E-state index in [1.165, 1.54) is 5.56 Å². The zero-order chi connectivity index (χ0) is 17.6. The third-order valence-corrected chi connectivity index (χ3v) is 5.33. The average Bonchev–Trinajstić information content (AvgIpc) is 3.06. The van der Waals surface area contributed by atoms with Gasteiger partial charge in [-0.3, -0.25) is 9.69 Å². The molecule has 0 saturated carbocycles. The molecule has 0 atom stereocenters. The Morgan fingerprint density at radius 1 is 1.19 bits per heavy atom. The maximum absolute atomic E-state index is 11.5. The minimum absolute atomic E-state index is 0. The SMILES string of the molecule is CCOC(=O)Cc1csc(-c2ccc(CN3CCN(C)CC3)cc2)n1.Cl. The molecular formula is C19H26ClN3O2S. The predicted octanol–water partition coefficient (Wildman–Crippen LogP) is 3.08. The Hall–Kier alpha value is -1.47. The van der Waals surface area contributed by atoms with Gasteiger partial charge < -0.3 is 9.64 Å². The van der Waals surface area contributed by atoms with Crippen LogP contribution in [0.15, 0.2) is 29.6 Å². The molecule has 1 aromatic carbocycles. The molecule has 5 nitrogen and oxygen atoms in total. The third kappa shape index (κ3) is 5.77. The molecule has 26 heavy (non-hydrogen) atoms. The first kappa shape index (κ1) is 20.8. The number of thiazole rings is 1. The van der Waals surface area contributed by atoms with Gasteiger partial charge in [0.05, 0.1) is 18.7 Å². The summed E-state index contributed by atoms with van der Waals surface area (Å²) < 4.78 is 4.97. The lowest BCUT2D eigenvalue weighted by Gasteiger charge is -2.32. The third-order valence-electron chi connectivity index (χ3n) is 4.39. The largest absolute Gasteiger partial charge is 0.466 e. The lowest BCUT2D eigenvalue weighted by Crippen LogP contribution is -2.43. The van der Waals surface area contributed by atoms with Crippen LogP contribution in [0.1, 0.15) is 18.2 Å². The van der Waals surface area contributed by atoms with Gasteiger partial charge in [-0.1, -0.05) is 24.3 Å². The lowest BCUT2D eigenvalue weighted by atomic mass is 10.1. The number of nitrogens with zero attached hydrogens (tertiary/aromatic N) is 3. The molecule has 3 rings (SSSR count). The minimum Gasteiger partial charge on any atom is -0.466 e. The number of hydrogen-bond acceptors (Lipinski definition) is 6. The van der Waals surface area contributed by atoms with Crippen LogP contribution in [-0.2, 0) is 22.5 Å². The van der Waals surface area contributed by atoms with Crippen LogP contribution in [0.4, 0.5) is 0 Å². The van der Waals surface area contributed by atoms with E-state index in [0.717, 1.165) is 49.0 Å². The molecule has 1 aliphatic rings. The number of halogens is 1. The van der Waals surface area contributed by atoms with Crippen molar-refractivity contribution in [2.75, 3.05) is 39.8 Å². The quantitative estimate of drug-likeness (QED) is 0.703. The number of likely N-dealkylation sites (N-methyl/N-ethyl adjacent to an activating group) is 1. The minimum atomic E-state index is -0.220. The number of rotatable bonds is 6. The summed E-state index contributed by atoms with van der Waals surface area (Å²) in [4.78, 5) is 21.0. The first-order chi connectivity index (χ1) is 12.1. The zero-order valence-electron chi connectivity index (χ0n) is 15.3. The van der Waals surface area contributed by atoms with Gasteiger partial charge in [-0.25, -0.2) is 4.98 Å². The van der Waals surface area contributed by atoms with Gasteiger partial charge in [0.1, 0.15) is 5.01 Å². The zero-order valence-corrected chi connectivity index (χ0v) is 16.9. The molecule has 7 heteroatoms. The summed E-state index contributed by atoms with van der Waals surface area (Å²) in [5, 5.41) is 2.88. The summed E-state index contributed by atoms with van der Waals surface area (Å²) in [5.74, 6) is -0.220. The highest BCUT2D eigenvalue weighted by molar-refractivity contribution is 7.13. The van der Waals surface area contributed by atoms with Crippen LogP contribution in [0, 0.1) is 0 Å². The van der Waals surface area contributed by atoms with Gasteiger partial charge in [0.15, 0.2) is 0 Å². The van der Waals surface area contributed by atoms with E-state index < -0.39 is 0 Å². The Morgan fingerprint density at radius 3 is 2.54 bits per heavy atom. The molecule has 0 amide bonds. The van der Waals surface area contributed by atoms with E-state index in [-0.39, 0.29) is 24.8 Å². The average molecular weight is 396 g/mol. The number of ether oxygens (including phenoxy) is 1. The summed E-state index contributed by atoms with van der Waals surface area (Å²) in [6.07, 6.45) is 0.242. The van der Waals surface area contributed by atoms with Gasteiger partial charge in [0.25, 0.3) is 0 Å². The molecule has 142 valence electrons. The molecule has 0 aliphatic carbocycles. The number of aromatic nitrogens is 1. The van der Waals surface area contributed by atoms with E-state index in [2.05, 4.69) is 46.1 Å². The van der Waals surface area contributed by atoms with Gasteiger partial charge >= 0.3 is 5.97 Å². The molecule has 0 bridgehead atoms. The van der Waals surface area contributed by atoms with Crippen LogP contribution >= 0.6 is 23.7 Å². The van der Waals surface area contributed by atoms with Crippen LogP contribution in [0.3, 0.4) is 0 Å². The van der Waals surface area contributed by atoms with Crippen molar-refractivity contribution in [1.29, 1.82) is 0 Å². The standard InChI is InChI=1S/C19H25N3O2S.ClH/c1-3-24-18(23)12-17-14-25-19(20-17)16-6-4-15(5-7-16)13-22-10-8-21(2)9-11-22;/h4-7,14H,3,8-13H2,1-2H3;1H. The van der Waals surface area contributed by atoms with Crippen molar-refractivity contribution in [3.05, 3.63) is 40.9 Å². The van der Waals surface area contributed by atoms with Gasteiger partial charge in [0, 0.05) is 43.7 Å². The second-order valence-corrected chi connectivity index (χ2v) is 7.26.